The Hall–Kier alpha value is -1.52. The first-order valence-electron chi connectivity index (χ1n) is 4.66. The van der Waals surface area contributed by atoms with Crippen molar-refractivity contribution in [1.82, 2.24) is 0 Å². The first-order valence-corrected chi connectivity index (χ1v) is 4.66. The average Bonchev–Trinajstić information content (AvgIpc) is 2.12. The van der Waals surface area contributed by atoms with Gasteiger partial charge in [0.1, 0.15) is 0 Å². The number of hydrogen-bond donors (Lipinski definition) is 1. The molecule has 0 heterocycles. The molecule has 0 saturated heterocycles. The van der Waals surface area contributed by atoms with Crippen LogP contribution in [-0.4, -0.2) is 17.3 Å². The van der Waals surface area contributed by atoms with Crippen molar-refractivity contribution in [2.75, 3.05) is 0 Å². The van der Waals surface area contributed by atoms with E-state index < -0.39 is 24.5 Å². The standard InChI is InChI=1S/C11H11F3O2/c1-7-3-2-4-8(5-7)6-9(10(15)16)11(12,13)14/h2-5,9H,6H2,1H3,(H,15,16). The summed E-state index contributed by atoms with van der Waals surface area (Å²) < 4.78 is 37.1. The van der Waals surface area contributed by atoms with Crippen molar-refractivity contribution in [3.63, 3.8) is 0 Å². The van der Waals surface area contributed by atoms with Crippen LogP contribution in [0.15, 0.2) is 24.3 Å². The molecule has 0 radical (unpaired) electrons. The average molecular weight is 232 g/mol. The van der Waals surface area contributed by atoms with Crippen molar-refractivity contribution in [3.05, 3.63) is 35.4 Å². The van der Waals surface area contributed by atoms with Gasteiger partial charge in [-0.2, -0.15) is 13.2 Å². The summed E-state index contributed by atoms with van der Waals surface area (Å²) in [6.07, 6.45) is -5.24. The second kappa shape index (κ2) is 4.55. The van der Waals surface area contributed by atoms with Crippen LogP contribution in [0.5, 0.6) is 0 Å². The molecule has 0 saturated carbocycles. The van der Waals surface area contributed by atoms with E-state index in [9.17, 15) is 18.0 Å². The van der Waals surface area contributed by atoms with Crippen LogP contribution < -0.4 is 0 Å². The molecule has 0 spiro atoms. The molecule has 0 amide bonds. The van der Waals surface area contributed by atoms with Gasteiger partial charge in [0.15, 0.2) is 5.92 Å². The van der Waals surface area contributed by atoms with E-state index in [0.29, 0.717) is 5.56 Å². The van der Waals surface area contributed by atoms with E-state index in [0.717, 1.165) is 5.56 Å². The molecule has 2 nitrogen and oxygen atoms in total. The monoisotopic (exact) mass is 232 g/mol. The fourth-order valence-corrected chi connectivity index (χ4v) is 1.42. The normalized spacial score (nSPS) is 13.5. The molecule has 16 heavy (non-hydrogen) atoms. The van der Waals surface area contributed by atoms with Crippen LogP contribution in [0.2, 0.25) is 0 Å². The van der Waals surface area contributed by atoms with Gasteiger partial charge in [-0.1, -0.05) is 29.8 Å². The van der Waals surface area contributed by atoms with Crippen LogP contribution in [-0.2, 0) is 11.2 Å². The van der Waals surface area contributed by atoms with Gasteiger partial charge < -0.3 is 5.11 Å². The van der Waals surface area contributed by atoms with Gasteiger partial charge >= 0.3 is 12.1 Å². The van der Waals surface area contributed by atoms with E-state index in [4.69, 9.17) is 5.11 Å². The van der Waals surface area contributed by atoms with Crippen LogP contribution >= 0.6 is 0 Å². The quantitative estimate of drug-likeness (QED) is 0.870. The summed E-state index contributed by atoms with van der Waals surface area (Å²) in [5.41, 5.74) is 1.19. The summed E-state index contributed by atoms with van der Waals surface area (Å²) >= 11 is 0. The summed E-state index contributed by atoms with van der Waals surface area (Å²) in [5.74, 6) is -4.18. The van der Waals surface area contributed by atoms with Gasteiger partial charge in [-0.3, -0.25) is 4.79 Å². The zero-order valence-corrected chi connectivity index (χ0v) is 8.58. The molecule has 1 unspecified atom stereocenters. The molecule has 88 valence electrons. The number of benzene rings is 1. The van der Waals surface area contributed by atoms with Gasteiger partial charge in [0, 0.05) is 0 Å². The Morgan fingerprint density at radius 2 is 2.06 bits per heavy atom. The van der Waals surface area contributed by atoms with E-state index in [1.54, 1.807) is 25.1 Å². The van der Waals surface area contributed by atoms with Crippen molar-refractivity contribution in [1.29, 1.82) is 0 Å². The SMILES string of the molecule is Cc1cccc(CC(C(=O)O)C(F)(F)F)c1. The Balaban J connectivity index is 2.89. The summed E-state index contributed by atoms with van der Waals surface area (Å²) in [5, 5.41) is 8.52. The number of aryl methyl sites for hydroxylation is 1. The molecule has 0 aromatic heterocycles. The van der Waals surface area contributed by atoms with E-state index in [1.807, 2.05) is 0 Å². The second-order valence-corrected chi connectivity index (χ2v) is 3.63. The molecule has 1 rings (SSSR count). The maximum atomic E-state index is 12.4. The number of alkyl halides is 3. The maximum Gasteiger partial charge on any atom is 0.402 e. The molecular weight excluding hydrogens is 221 g/mol. The minimum atomic E-state index is -4.71. The lowest BCUT2D eigenvalue weighted by Crippen LogP contribution is -2.32. The maximum absolute atomic E-state index is 12.4. The van der Waals surface area contributed by atoms with Crippen LogP contribution in [0.1, 0.15) is 11.1 Å². The highest BCUT2D eigenvalue weighted by Gasteiger charge is 2.44. The Morgan fingerprint density at radius 1 is 1.44 bits per heavy atom. The fourth-order valence-electron chi connectivity index (χ4n) is 1.42. The summed E-state index contributed by atoms with van der Waals surface area (Å²) in [4.78, 5) is 10.5. The van der Waals surface area contributed by atoms with Crippen LogP contribution in [0.25, 0.3) is 0 Å². The van der Waals surface area contributed by atoms with E-state index in [1.165, 1.54) is 6.07 Å². The number of carbonyl (C=O) groups is 1. The van der Waals surface area contributed by atoms with Gasteiger partial charge in [-0.05, 0) is 18.9 Å². The van der Waals surface area contributed by atoms with E-state index in [-0.39, 0.29) is 0 Å². The Morgan fingerprint density at radius 3 is 2.50 bits per heavy atom. The molecule has 5 heteroatoms. The van der Waals surface area contributed by atoms with Crippen molar-refractivity contribution in [2.24, 2.45) is 5.92 Å². The minimum Gasteiger partial charge on any atom is -0.481 e. The smallest absolute Gasteiger partial charge is 0.402 e. The molecule has 0 aliphatic rings. The van der Waals surface area contributed by atoms with Crippen molar-refractivity contribution >= 4 is 5.97 Å². The molecule has 1 aromatic rings. The molecular formula is C11H11F3O2. The van der Waals surface area contributed by atoms with Crippen molar-refractivity contribution in [2.45, 2.75) is 19.5 Å². The predicted molar refractivity (Wildman–Crippen MR) is 52.1 cm³/mol. The highest BCUT2D eigenvalue weighted by Crippen LogP contribution is 2.29. The van der Waals surface area contributed by atoms with Crippen molar-refractivity contribution in [3.8, 4) is 0 Å². The van der Waals surface area contributed by atoms with Gasteiger partial charge in [0.05, 0.1) is 0 Å². The van der Waals surface area contributed by atoms with Crippen molar-refractivity contribution < 1.29 is 23.1 Å². The van der Waals surface area contributed by atoms with Gasteiger partial charge in [-0.25, -0.2) is 0 Å². The highest BCUT2D eigenvalue weighted by molar-refractivity contribution is 5.71. The lowest BCUT2D eigenvalue weighted by Gasteiger charge is -2.16. The number of carboxylic acids is 1. The third-order valence-corrected chi connectivity index (χ3v) is 2.22. The molecule has 0 fully saturated rings. The minimum absolute atomic E-state index is 0.379. The molecule has 0 aliphatic heterocycles. The fraction of sp³-hybridized carbons (Fsp3) is 0.364. The largest absolute Gasteiger partial charge is 0.481 e. The van der Waals surface area contributed by atoms with Crippen LogP contribution in [0.3, 0.4) is 0 Å². The lowest BCUT2D eigenvalue weighted by molar-refractivity contribution is -0.193. The Bertz CT molecular complexity index is 385. The molecule has 1 atom stereocenters. The first kappa shape index (κ1) is 12.5. The second-order valence-electron chi connectivity index (χ2n) is 3.63. The number of rotatable bonds is 3. The van der Waals surface area contributed by atoms with Gasteiger partial charge in [-0.15, -0.1) is 0 Å². The molecule has 0 bridgehead atoms. The van der Waals surface area contributed by atoms with Crippen LogP contribution in [0.4, 0.5) is 13.2 Å². The summed E-state index contributed by atoms with van der Waals surface area (Å²) in [7, 11) is 0. The van der Waals surface area contributed by atoms with Gasteiger partial charge in [0.25, 0.3) is 0 Å². The third kappa shape index (κ3) is 3.25. The highest BCUT2D eigenvalue weighted by atomic mass is 19.4. The number of aliphatic carboxylic acids is 1. The van der Waals surface area contributed by atoms with E-state index >= 15 is 0 Å². The lowest BCUT2D eigenvalue weighted by atomic mass is 9.98. The third-order valence-electron chi connectivity index (χ3n) is 2.22. The first-order chi connectivity index (χ1) is 7.30. The zero-order valence-electron chi connectivity index (χ0n) is 8.58. The summed E-state index contributed by atoms with van der Waals surface area (Å²) in [6.45, 7) is 1.74. The number of hydrogen-bond acceptors (Lipinski definition) is 1. The topological polar surface area (TPSA) is 37.3 Å². The van der Waals surface area contributed by atoms with Gasteiger partial charge in [0.2, 0.25) is 0 Å². The number of carboxylic acid groups (broad SMARTS) is 1. The molecule has 0 aliphatic carbocycles. The Kier molecular flexibility index (Phi) is 3.57. The summed E-state index contributed by atoms with van der Waals surface area (Å²) in [6, 6.07) is 6.41. The molecule has 1 aromatic carbocycles. The Labute approximate surface area is 90.7 Å². The number of halogens is 3. The molecule has 1 N–H and O–H groups in total. The van der Waals surface area contributed by atoms with E-state index in [2.05, 4.69) is 0 Å². The zero-order chi connectivity index (χ0) is 12.3. The van der Waals surface area contributed by atoms with Crippen LogP contribution in [0, 0.1) is 12.8 Å². The predicted octanol–water partition coefficient (Wildman–Crippen LogP) is 2.80.